The van der Waals surface area contributed by atoms with Crippen LogP contribution in [0.1, 0.15) is 44.0 Å². The molecule has 21 heavy (non-hydrogen) atoms. The average Bonchev–Trinajstić information content (AvgIpc) is 3.17. The van der Waals surface area contributed by atoms with Gasteiger partial charge in [-0.1, -0.05) is 31.4 Å². The Balaban J connectivity index is 0.00000161. The molecule has 1 fully saturated rings. The van der Waals surface area contributed by atoms with Gasteiger partial charge in [0.2, 0.25) is 5.91 Å². The summed E-state index contributed by atoms with van der Waals surface area (Å²) in [6.45, 7) is 1.21. The molecular formula is C14H22ClN5O. The van der Waals surface area contributed by atoms with Gasteiger partial charge in [0.1, 0.15) is 12.4 Å². The van der Waals surface area contributed by atoms with Crippen LogP contribution in [0.3, 0.4) is 0 Å². The van der Waals surface area contributed by atoms with Gasteiger partial charge in [0, 0.05) is 12.6 Å². The Bertz CT molecular complexity index is 495. The van der Waals surface area contributed by atoms with Crippen molar-refractivity contribution in [3.63, 3.8) is 0 Å². The van der Waals surface area contributed by atoms with Gasteiger partial charge in [-0.2, -0.15) is 0 Å². The fourth-order valence-electron chi connectivity index (χ4n) is 2.98. The summed E-state index contributed by atoms with van der Waals surface area (Å²) in [6.07, 6.45) is 11.9. The molecule has 1 aromatic heterocycles. The number of nitrogens with zero attached hydrogens (tertiary/aromatic N) is 3. The number of hydrogen-bond donors (Lipinski definition) is 2. The molecule has 1 amide bonds. The fraction of sp³-hybridized carbons (Fsp3) is 0.643. The quantitative estimate of drug-likeness (QED) is 0.823. The molecule has 6 nitrogen and oxygen atoms in total. The van der Waals surface area contributed by atoms with Crippen LogP contribution in [0.2, 0.25) is 0 Å². The van der Waals surface area contributed by atoms with Gasteiger partial charge < -0.3 is 9.88 Å². The summed E-state index contributed by atoms with van der Waals surface area (Å²) >= 11 is 0. The van der Waals surface area contributed by atoms with Crippen molar-refractivity contribution in [2.24, 2.45) is 0 Å². The summed E-state index contributed by atoms with van der Waals surface area (Å²) in [6, 6.07) is 0.288. The third-order valence-corrected chi connectivity index (χ3v) is 4.10. The van der Waals surface area contributed by atoms with E-state index >= 15 is 0 Å². The van der Waals surface area contributed by atoms with Gasteiger partial charge >= 0.3 is 0 Å². The lowest BCUT2D eigenvalue weighted by atomic mass is 9.95. The molecule has 0 aromatic carbocycles. The Morgan fingerprint density at radius 1 is 1.38 bits per heavy atom. The molecule has 0 saturated heterocycles. The Hall–Kier alpha value is -1.40. The molecule has 1 atom stereocenters. The van der Waals surface area contributed by atoms with Gasteiger partial charge in [0.15, 0.2) is 5.82 Å². The number of rotatable bonds is 4. The predicted octanol–water partition coefficient (Wildman–Crippen LogP) is 1.35. The minimum Gasteiger partial charge on any atom is -0.347 e. The SMILES string of the molecule is Cl.O=C(NCc1nncn1C1CCCCC1)C1C=CCN1. The zero-order valence-electron chi connectivity index (χ0n) is 12.0. The van der Waals surface area contributed by atoms with E-state index in [1.54, 1.807) is 6.33 Å². The molecule has 116 valence electrons. The van der Waals surface area contributed by atoms with E-state index < -0.39 is 0 Å². The lowest BCUT2D eigenvalue weighted by molar-refractivity contribution is -0.122. The van der Waals surface area contributed by atoms with E-state index in [0.29, 0.717) is 12.6 Å². The zero-order chi connectivity index (χ0) is 13.8. The first kappa shape index (κ1) is 16.0. The van der Waals surface area contributed by atoms with Crippen molar-refractivity contribution in [1.82, 2.24) is 25.4 Å². The van der Waals surface area contributed by atoms with E-state index in [9.17, 15) is 4.79 Å². The Morgan fingerprint density at radius 2 is 2.19 bits per heavy atom. The Kier molecular flexibility index (Phi) is 5.76. The number of hydrogen-bond acceptors (Lipinski definition) is 4. The Labute approximate surface area is 130 Å². The highest BCUT2D eigenvalue weighted by Crippen LogP contribution is 2.28. The summed E-state index contributed by atoms with van der Waals surface area (Å²) in [7, 11) is 0. The molecule has 1 aliphatic heterocycles. The number of nitrogens with one attached hydrogen (secondary N) is 2. The van der Waals surface area contributed by atoms with Crippen molar-refractivity contribution < 1.29 is 4.79 Å². The summed E-state index contributed by atoms with van der Waals surface area (Å²) in [5.74, 6) is 0.851. The van der Waals surface area contributed by atoms with Crippen LogP contribution in [0.5, 0.6) is 0 Å². The number of aromatic nitrogens is 3. The standard InChI is InChI=1S/C14H21N5O.ClH/c20-14(12-7-4-8-15-12)16-9-13-18-17-10-19(13)11-5-2-1-3-6-11;/h4,7,10-12,15H,1-3,5-6,8-9H2,(H,16,20);1H. The van der Waals surface area contributed by atoms with Gasteiger partial charge in [-0.05, 0) is 12.8 Å². The average molecular weight is 312 g/mol. The zero-order valence-corrected chi connectivity index (χ0v) is 12.8. The normalized spacial score (nSPS) is 22.0. The highest BCUT2D eigenvalue weighted by molar-refractivity contribution is 5.85. The van der Waals surface area contributed by atoms with Crippen LogP contribution >= 0.6 is 12.4 Å². The van der Waals surface area contributed by atoms with E-state index in [0.717, 1.165) is 12.4 Å². The largest absolute Gasteiger partial charge is 0.347 e. The van der Waals surface area contributed by atoms with Crippen molar-refractivity contribution in [3.8, 4) is 0 Å². The first-order valence-corrected chi connectivity index (χ1v) is 7.41. The smallest absolute Gasteiger partial charge is 0.241 e. The number of halogens is 1. The molecule has 0 spiro atoms. The van der Waals surface area contributed by atoms with E-state index in [2.05, 4.69) is 25.4 Å². The number of carbonyl (C=O) groups excluding carboxylic acids is 1. The van der Waals surface area contributed by atoms with Gasteiger partial charge in [-0.15, -0.1) is 22.6 Å². The molecule has 2 heterocycles. The highest BCUT2D eigenvalue weighted by Gasteiger charge is 2.20. The van der Waals surface area contributed by atoms with E-state index in [1.165, 1.54) is 32.1 Å². The summed E-state index contributed by atoms with van der Waals surface area (Å²) in [5, 5.41) is 14.2. The van der Waals surface area contributed by atoms with Crippen molar-refractivity contribution in [1.29, 1.82) is 0 Å². The van der Waals surface area contributed by atoms with Crippen molar-refractivity contribution in [2.75, 3.05) is 6.54 Å². The second kappa shape index (κ2) is 7.56. The molecular weight excluding hydrogens is 290 g/mol. The first-order valence-electron chi connectivity index (χ1n) is 7.41. The van der Waals surface area contributed by atoms with E-state index in [-0.39, 0.29) is 24.4 Å². The summed E-state index contributed by atoms with van der Waals surface area (Å²) in [5.41, 5.74) is 0. The summed E-state index contributed by atoms with van der Waals surface area (Å²) < 4.78 is 2.14. The van der Waals surface area contributed by atoms with Crippen LogP contribution in [0.25, 0.3) is 0 Å². The highest BCUT2D eigenvalue weighted by atomic mass is 35.5. The van der Waals surface area contributed by atoms with Crippen molar-refractivity contribution >= 4 is 18.3 Å². The van der Waals surface area contributed by atoms with Crippen LogP contribution in [0.4, 0.5) is 0 Å². The van der Waals surface area contributed by atoms with Crippen molar-refractivity contribution in [3.05, 3.63) is 24.3 Å². The van der Waals surface area contributed by atoms with Gasteiger partial charge in [-0.25, -0.2) is 0 Å². The second-order valence-electron chi connectivity index (χ2n) is 5.48. The maximum Gasteiger partial charge on any atom is 0.241 e. The minimum atomic E-state index is -0.207. The molecule has 3 rings (SSSR count). The van der Waals surface area contributed by atoms with Crippen molar-refractivity contribution in [2.45, 2.75) is 50.7 Å². The van der Waals surface area contributed by atoms with Gasteiger partial charge in [-0.3, -0.25) is 10.1 Å². The van der Waals surface area contributed by atoms with Crippen LogP contribution in [0.15, 0.2) is 18.5 Å². The molecule has 2 N–H and O–H groups in total. The lowest BCUT2D eigenvalue weighted by Gasteiger charge is -2.24. The van der Waals surface area contributed by atoms with E-state index in [1.807, 2.05) is 12.2 Å². The topological polar surface area (TPSA) is 71.8 Å². The third-order valence-electron chi connectivity index (χ3n) is 4.10. The van der Waals surface area contributed by atoms with Crippen LogP contribution in [-0.4, -0.2) is 33.3 Å². The third kappa shape index (κ3) is 3.83. The predicted molar refractivity (Wildman–Crippen MR) is 82.2 cm³/mol. The molecule has 1 unspecified atom stereocenters. The van der Waals surface area contributed by atoms with Crippen LogP contribution in [-0.2, 0) is 11.3 Å². The molecule has 0 bridgehead atoms. The Morgan fingerprint density at radius 3 is 2.90 bits per heavy atom. The van der Waals surface area contributed by atoms with Crippen LogP contribution in [0, 0.1) is 0 Å². The maximum absolute atomic E-state index is 11.9. The monoisotopic (exact) mass is 311 g/mol. The fourth-order valence-corrected chi connectivity index (χ4v) is 2.98. The number of carbonyl (C=O) groups is 1. The second-order valence-corrected chi connectivity index (χ2v) is 5.48. The summed E-state index contributed by atoms with van der Waals surface area (Å²) in [4.78, 5) is 11.9. The number of amides is 1. The molecule has 1 aliphatic carbocycles. The van der Waals surface area contributed by atoms with E-state index in [4.69, 9.17) is 0 Å². The molecule has 7 heteroatoms. The van der Waals surface area contributed by atoms with Gasteiger partial charge in [0.05, 0.1) is 6.54 Å². The molecule has 2 aliphatic rings. The minimum absolute atomic E-state index is 0. The first-order chi connectivity index (χ1) is 9.84. The lowest BCUT2D eigenvalue weighted by Crippen LogP contribution is -2.40. The van der Waals surface area contributed by atoms with Crippen LogP contribution < -0.4 is 10.6 Å². The maximum atomic E-state index is 11.9. The van der Waals surface area contributed by atoms with Gasteiger partial charge in [0.25, 0.3) is 0 Å². The molecule has 1 saturated carbocycles. The molecule has 1 aromatic rings. The molecule has 0 radical (unpaired) electrons.